The molecule has 2 aromatic heterocycles. The van der Waals surface area contributed by atoms with E-state index in [-0.39, 0.29) is 0 Å². The largest absolute Gasteiger partial charge is 0.363 e. The van der Waals surface area contributed by atoms with Crippen molar-refractivity contribution in [3.05, 3.63) is 42.0 Å². The van der Waals surface area contributed by atoms with Gasteiger partial charge in [-0.2, -0.15) is 13.8 Å². The topological polar surface area (TPSA) is 40.7 Å². The lowest BCUT2D eigenvalue weighted by Gasteiger charge is -2.54. The molecule has 2 N–H and O–H groups in total. The van der Waals surface area contributed by atoms with Crippen molar-refractivity contribution in [1.29, 1.82) is 0 Å². The molecule has 4 bridgehead atoms. The van der Waals surface area contributed by atoms with Gasteiger partial charge in [0.05, 0.1) is 0 Å². The molecule has 4 saturated carbocycles. The van der Waals surface area contributed by atoms with Crippen LogP contribution in [0.4, 0.5) is 8.78 Å². The number of aromatic nitrogens is 2. The second-order valence-electron chi connectivity index (χ2n) is 8.22. The average molecular weight is 343 g/mol. The van der Waals surface area contributed by atoms with Crippen LogP contribution >= 0.6 is 0 Å². The second kappa shape index (κ2) is 5.90. The predicted octanol–water partition coefficient (Wildman–Crippen LogP) is 4.27. The number of nitrogens with one attached hydrogen (secondary N) is 2. The van der Waals surface area contributed by atoms with E-state index in [2.05, 4.69) is 15.3 Å². The molecule has 0 radical (unpaired) electrons. The van der Waals surface area contributed by atoms with Crippen molar-refractivity contribution in [3.8, 4) is 11.1 Å². The summed E-state index contributed by atoms with van der Waals surface area (Å²) in [5.41, 5.74) is 2.08. The van der Waals surface area contributed by atoms with Gasteiger partial charge >= 0.3 is 0 Å². The Morgan fingerprint density at radius 1 is 1.04 bits per heavy atom. The van der Waals surface area contributed by atoms with Crippen LogP contribution in [-0.2, 0) is 6.54 Å². The SMILES string of the molecule is Fc1ccc(-c2c[nH]c(CNC3C4CC5CC(C4)CC3C5)c2)c(F)n1. The molecule has 0 atom stereocenters. The maximum absolute atomic E-state index is 13.8. The summed E-state index contributed by atoms with van der Waals surface area (Å²) in [5, 5.41) is 3.77. The van der Waals surface area contributed by atoms with Crippen molar-refractivity contribution in [2.75, 3.05) is 0 Å². The normalized spacial score (nSPS) is 33.1. The van der Waals surface area contributed by atoms with Crippen molar-refractivity contribution in [2.24, 2.45) is 23.7 Å². The summed E-state index contributed by atoms with van der Waals surface area (Å²) in [4.78, 5) is 6.48. The molecule has 0 amide bonds. The molecule has 4 aliphatic carbocycles. The summed E-state index contributed by atoms with van der Waals surface area (Å²) < 4.78 is 26.8. The average Bonchev–Trinajstić information content (AvgIpc) is 3.02. The molecular formula is C20H23F2N3. The van der Waals surface area contributed by atoms with Gasteiger partial charge in [0.2, 0.25) is 11.9 Å². The van der Waals surface area contributed by atoms with Crippen LogP contribution in [0.25, 0.3) is 11.1 Å². The van der Waals surface area contributed by atoms with Crippen LogP contribution < -0.4 is 5.32 Å². The number of hydrogen-bond donors (Lipinski definition) is 2. The van der Waals surface area contributed by atoms with Crippen LogP contribution in [0.15, 0.2) is 24.4 Å². The van der Waals surface area contributed by atoms with E-state index in [0.29, 0.717) is 17.2 Å². The fourth-order valence-corrected chi connectivity index (χ4v) is 5.81. The van der Waals surface area contributed by atoms with E-state index in [0.717, 1.165) is 35.9 Å². The number of hydrogen-bond acceptors (Lipinski definition) is 2. The van der Waals surface area contributed by atoms with Gasteiger partial charge in [-0.1, -0.05) is 0 Å². The minimum Gasteiger partial charge on any atom is -0.363 e. The van der Waals surface area contributed by atoms with E-state index in [1.807, 2.05) is 6.07 Å². The number of aromatic amines is 1. The van der Waals surface area contributed by atoms with E-state index in [9.17, 15) is 8.78 Å². The monoisotopic (exact) mass is 343 g/mol. The molecule has 0 unspecified atom stereocenters. The molecule has 3 nitrogen and oxygen atoms in total. The fourth-order valence-electron chi connectivity index (χ4n) is 5.81. The summed E-state index contributed by atoms with van der Waals surface area (Å²) in [7, 11) is 0. The lowest BCUT2D eigenvalue weighted by atomic mass is 9.54. The third-order valence-electron chi connectivity index (χ3n) is 6.62. The number of halogens is 2. The van der Waals surface area contributed by atoms with E-state index < -0.39 is 11.9 Å². The lowest BCUT2D eigenvalue weighted by molar-refractivity contribution is -0.0143. The van der Waals surface area contributed by atoms with Crippen molar-refractivity contribution in [2.45, 2.75) is 44.7 Å². The number of pyridine rings is 1. The van der Waals surface area contributed by atoms with Crippen LogP contribution in [0.1, 0.15) is 37.8 Å². The molecule has 2 aromatic rings. The van der Waals surface area contributed by atoms with Crippen molar-refractivity contribution in [3.63, 3.8) is 0 Å². The first-order valence-electron chi connectivity index (χ1n) is 9.39. The van der Waals surface area contributed by atoms with Crippen molar-refractivity contribution < 1.29 is 8.78 Å². The van der Waals surface area contributed by atoms with Gasteiger partial charge in [-0.15, -0.1) is 0 Å². The summed E-state index contributed by atoms with van der Waals surface area (Å²) in [6, 6.07) is 5.19. The zero-order valence-corrected chi connectivity index (χ0v) is 14.1. The number of rotatable bonds is 4. The highest BCUT2D eigenvalue weighted by Gasteiger charge is 2.47. The first kappa shape index (κ1) is 15.5. The summed E-state index contributed by atoms with van der Waals surface area (Å²) in [6.45, 7) is 0.767. The molecule has 4 aliphatic rings. The van der Waals surface area contributed by atoms with E-state index in [4.69, 9.17) is 0 Å². The molecule has 0 saturated heterocycles. The third-order valence-corrected chi connectivity index (χ3v) is 6.62. The summed E-state index contributed by atoms with van der Waals surface area (Å²) in [6.07, 6.45) is 8.82. The highest BCUT2D eigenvalue weighted by atomic mass is 19.1. The molecule has 0 aliphatic heterocycles. The maximum atomic E-state index is 13.8. The fraction of sp³-hybridized carbons (Fsp3) is 0.550. The molecule has 5 heteroatoms. The van der Waals surface area contributed by atoms with E-state index in [1.54, 1.807) is 6.20 Å². The van der Waals surface area contributed by atoms with Gasteiger partial charge in [0.1, 0.15) is 0 Å². The first-order chi connectivity index (χ1) is 12.2. The molecule has 25 heavy (non-hydrogen) atoms. The Morgan fingerprint density at radius 3 is 2.44 bits per heavy atom. The molecular weight excluding hydrogens is 320 g/mol. The van der Waals surface area contributed by atoms with Gasteiger partial charge in [-0.3, -0.25) is 0 Å². The van der Waals surface area contributed by atoms with Gasteiger partial charge in [-0.05, 0) is 74.0 Å². The Hall–Kier alpha value is -1.75. The Bertz CT molecular complexity index is 757. The molecule has 132 valence electrons. The summed E-state index contributed by atoms with van der Waals surface area (Å²) in [5.74, 6) is 2.08. The van der Waals surface area contributed by atoms with Gasteiger partial charge in [0.25, 0.3) is 0 Å². The van der Waals surface area contributed by atoms with Gasteiger partial charge < -0.3 is 10.3 Å². The molecule has 0 spiro atoms. The van der Waals surface area contributed by atoms with Crippen LogP contribution in [0, 0.1) is 35.6 Å². The van der Waals surface area contributed by atoms with Crippen LogP contribution in [0.3, 0.4) is 0 Å². The quantitative estimate of drug-likeness (QED) is 0.814. The zero-order chi connectivity index (χ0) is 17.0. The molecule has 6 rings (SSSR count). The Morgan fingerprint density at radius 2 is 1.76 bits per heavy atom. The molecule has 0 aromatic carbocycles. The minimum atomic E-state index is -0.791. The smallest absolute Gasteiger partial charge is 0.223 e. The number of H-pyrrole nitrogens is 1. The third kappa shape index (κ3) is 2.78. The summed E-state index contributed by atoms with van der Waals surface area (Å²) >= 11 is 0. The van der Waals surface area contributed by atoms with E-state index in [1.165, 1.54) is 44.2 Å². The van der Waals surface area contributed by atoms with Gasteiger partial charge in [0.15, 0.2) is 0 Å². The Balaban J connectivity index is 1.27. The standard InChI is InChI=1S/C20H23F2N3/c21-18-2-1-17(20(22)25-18)15-8-16(23-9-15)10-24-19-13-4-11-3-12(6-13)7-14(19)5-11/h1-2,8-9,11-14,19,23-24H,3-7,10H2. The maximum Gasteiger partial charge on any atom is 0.223 e. The van der Waals surface area contributed by atoms with Gasteiger partial charge in [-0.25, -0.2) is 0 Å². The molecule has 4 fully saturated rings. The van der Waals surface area contributed by atoms with Gasteiger partial charge in [0, 0.05) is 35.6 Å². The van der Waals surface area contributed by atoms with Crippen LogP contribution in [0.2, 0.25) is 0 Å². The highest BCUT2D eigenvalue weighted by molar-refractivity contribution is 5.63. The first-order valence-corrected chi connectivity index (χ1v) is 9.39. The lowest BCUT2D eigenvalue weighted by Crippen LogP contribution is -2.54. The van der Waals surface area contributed by atoms with E-state index >= 15 is 0 Å². The Labute approximate surface area is 146 Å². The van der Waals surface area contributed by atoms with Crippen LogP contribution in [0.5, 0.6) is 0 Å². The van der Waals surface area contributed by atoms with Crippen LogP contribution in [-0.4, -0.2) is 16.0 Å². The van der Waals surface area contributed by atoms with Crippen molar-refractivity contribution >= 4 is 0 Å². The molecule has 2 heterocycles. The van der Waals surface area contributed by atoms with Crippen molar-refractivity contribution in [1.82, 2.24) is 15.3 Å². The minimum absolute atomic E-state index is 0.332. The Kier molecular flexibility index (Phi) is 3.66. The predicted molar refractivity (Wildman–Crippen MR) is 91.6 cm³/mol. The highest BCUT2D eigenvalue weighted by Crippen LogP contribution is 2.53. The number of nitrogens with zero attached hydrogens (tertiary/aromatic N) is 1. The zero-order valence-electron chi connectivity index (χ0n) is 14.1. The second-order valence-corrected chi connectivity index (χ2v) is 8.22.